The van der Waals surface area contributed by atoms with Gasteiger partial charge in [-0.05, 0) is 36.4 Å². The van der Waals surface area contributed by atoms with Crippen molar-refractivity contribution in [2.45, 2.75) is 6.04 Å². The number of carbonyl (C=O) groups excluding carboxylic acids is 4. The number of hydrogen-bond acceptors (Lipinski definition) is 6. The van der Waals surface area contributed by atoms with Gasteiger partial charge in [0.25, 0.3) is 0 Å². The molecule has 6 rings (SSSR count). The Morgan fingerprint density at radius 1 is 0.765 bits per heavy atom. The molecule has 8 heteroatoms. The number of aliphatic imine (C=N–C) groups is 1. The van der Waals surface area contributed by atoms with Crippen LogP contribution in [0.2, 0.25) is 5.02 Å². The van der Waals surface area contributed by atoms with Crippen LogP contribution in [-0.4, -0.2) is 34.1 Å². The summed E-state index contributed by atoms with van der Waals surface area (Å²) in [6.07, 6.45) is 1.58. The highest BCUT2D eigenvalue weighted by Crippen LogP contribution is 2.48. The summed E-state index contributed by atoms with van der Waals surface area (Å²) in [7, 11) is 0. The van der Waals surface area contributed by atoms with Crippen molar-refractivity contribution in [1.29, 1.82) is 0 Å². The molecule has 3 aromatic rings. The number of benzene rings is 2. The first kappa shape index (κ1) is 20.6. The van der Waals surface area contributed by atoms with E-state index in [-0.39, 0.29) is 5.71 Å². The quantitative estimate of drug-likeness (QED) is 0.430. The molecule has 3 atom stereocenters. The Balaban J connectivity index is 1.48. The first-order valence-electron chi connectivity index (χ1n) is 10.8. The number of anilines is 1. The van der Waals surface area contributed by atoms with E-state index in [0.29, 0.717) is 27.5 Å². The summed E-state index contributed by atoms with van der Waals surface area (Å²) in [4.78, 5) is 63.9. The molecule has 2 amide bonds. The van der Waals surface area contributed by atoms with Crippen molar-refractivity contribution in [2.75, 3.05) is 4.90 Å². The summed E-state index contributed by atoms with van der Waals surface area (Å²) < 4.78 is 0. The fourth-order valence-corrected chi connectivity index (χ4v) is 5.28. The number of Topliss-reactive ketones (excluding diaryl/α,β-unsaturated/α-hetero) is 2. The Morgan fingerprint density at radius 3 is 2.03 bits per heavy atom. The third-order valence-corrected chi connectivity index (χ3v) is 6.90. The maximum atomic E-state index is 13.7. The van der Waals surface area contributed by atoms with E-state index >= 15 is 0 Å². The van der Waals surface area contributed by atoms with E-state index in [1.54, 1.807) is 72.9 Å². The summed E-state index contributed by atoms with van der Waals surface area (Å²) in [5, 5.41) is 0.469. The number of fused-ring (bicyclic) bond motifs is 2. The van der Waals surface area contributed by atoms with Crippen molar-refractivity contribution in [3.63, 3.8) is 0 Å². The van der Waals surface area contributed by atoms with Gasteiger partial charge in [-0.1, -0.05) is 41.9 Å². The van der Waals surface area contributed by atoms with Gasteiger partial charge in [0.15, 0.2) is 11.6 Å². The minimum atomic E-state index is -1.22. The predicted molar refractivity (Wildman–Crippen MR) is 124 cm³/mol. The fourth-order valence-electron chi connectivity index (χ4n) is 5.15. The zero-order valence-electron chi connectivity index (χ0n) is 17.6. The van der Waals surface area contributed by atoms with Gasteiger partial charge in [-0.3, -0.25) is 29.2 Å². The molecule has 2 aromatic carbocycles. The lowest BCUT2D eigenvalue weighted by Gasteiger charge is -2.18. The average molecular weight is 470 g/mol. The van der Waals surface area contributed by atoms with Gasteiger partial charge in [-0.25, -0.2) is 4.90 Å². The monoisotopic (exact) mass is 469 g/mol. The van der Waals surface area contributed by atoms with Crippen molar-refractivity contribution in [1.82, 2.24) is 4.98 Å². The molecule has 3 heterocycles. The Bertz CT molecular complexity index is 1380. The lowest BCUT2D eigenvalue weighted by atomic mass is 9.82. The highest BCUT2D eigenvalue weighted by Gasteiger charge is 2.61. The summed E-state index contributed by atoms with van der Waals surface area (Å²) in [6, 6.07) is 17.4. The summed E-state index contributed by atoms with van der Waals surface area (Å²) in [5.74, 6) is -4.89. The number of amides is 2. The van der Waals surface area contributed by atoms with Crippen molar-refractivity contribution in [3.8, 4) is 0 Å². The van der Waals surface area contributed by atoms with Crippen LogP contribution in [0.4, 0.5) is 5.69 Å². The number of aromatic nitrogens is 1. The zero-order valence-corrected chi connectivity index (χ0v) is 18.3. The molecule has 166 valence electrons. The van der Waals surface area contributed by atoms with Crippen molar-refractivity contribution in [3.05, 3.63) is 94.8 Å². The molecule has 34 heavy (non-hydrogen) atoms. The number of rotatable bonds is 3. The molecule has 0 spiro atoms. The molecule has 0 bridgehead atoms. The average Bonchev–Trinajstić information content (AvgIpc) is 3.45. The molecular weight excluding hydrogens is 454 g/mol. The highest BCUT2D eigenvalue weighted by atomic mass is 35.5. The molecule has 3 aliphatic rings. The summed E-state index contributed by atoms with van der Waals surface area (Å²) in [6.45, 7) is 0. The maximum absolute atomic E-state index is 13.7. The van der Waals surface area contributed by atoms with Crippen LogP contribution in [0.3, 0.4) is 0 Å². The van der Waals surface area contributed by atoms with E-state index in [4.69, 9.17) is 11.6 Å². The number of nitrogens with zero attached hydrogens (tertiary/aromatic N) is 3. The van der Waals surface area contributed by atoms with Crippen LogP contribution in [0.5, 0.6) is 0 Å². The highest BCUT2D eigenvalue weighted by molar-refractivity contribution is 6.41. The third-order valence-electron chi connectivity index (χ3n) is 6.65. The van der Waals surface area contributed by atoms with E-state index in [0.717, 1.165) is 4.90 Å². The van der Waals surface area contributed by atoms with E-state index in [2.05, 4.69) is 9.98 Å². The standard InChI is InChI=1S/C26H16ClN3O4/c27-13-8-10-14(11-9-13)30-25(33)18-19(26(30)34)22(29-21(18)17-7-3-4-12-28-17)20-23(31)15-5-1-2-6-16(15)24(20)32/h1-12,18-21H. The minimum absolute atomic E-state index is 0.140. The topological polar surface area (TPSA) is 96.8 Å². The van der Waals surface area contributed by atoms with Gasteiger partial charge >= 0.3 is 0 Å². The Kier molecular flexibility index (Phi) is 4.57. The molecule has 1 aromatic heterocycles. The van der Waals surface area contributed by atoms with Gasteiger partial charge in [-0.15, -0.1) is 0 Å². The van der Waals surface area contributed by atoms with Crippen molar-refractivity contribution in [2.24, 2.45) is 22.7 Å². The molecule has 7 nitrogen and oxygen atoms in total. The van der Waals surface area contributed by atoms with Crippen LogP contribution in [0.15, 0.2) is 77.9 Å². The third kappa shape index (κ3) is 2.83. The molecule has 1 fully saturated rings. The number of pyridine rings is 1. The van der Waals surface area contributed by atoms with Crippen LogP contribution in [0, 0.1) is 17.8 Å². The second-order valence-corrected chi connectivity index (χ2v) is 8.89. The number of ketones is 2. The van der Waals surface area contributed by atoms with Gasteiger partial charge in [0.05, 0.1) is 23.2 Å². The van der Waals surface area contributed by atoms with Gasteiger partial charge in [0.1, 0.15) is 12.0 Å². The Morgan fingerprint density at radius 2 is 1.41 bits per heavy atom. The lowest BCUT2D eigenvalue weighted by molar-refractivity contribution is -0.122. The van der Waals surface area contributed by atoms with E-state index in [1.165, 1.54) is 0 Å². The summed E-state index contributed by atoms with van der Waals surface area (Å²) >= 11 is 5.98. The molecule has 0 radical (unpaired) electrons. The molecule has 1 aliphatic carbocycles. The van der Waals surface area contributed by atoms with Crippen LogP contribution in [0.1, 0.15) is 32.5 Å². The fraction of sp³-hybridized carbons (Fsp3) is 0.154. The second-order valence-electron chi connectivity index (χ2n) is 8.45. The van der Waals surface area contributed by atoms with E-state index in [9.17, 15) is 19.2 Å². The number of hydrogen-bond donors (Lipinski definition) is 0. The smallest absolute Gasteiger partial charge is 0.243 e. The Hall–Kier alpha value is -3.97. The first-order valence-corrected chi connectivity index (χ1v) is 11.1. The van der Waals surface area contributed by atoms with Crippen molar-refractivity contribution >= 4 is 46.4 Å². The van der Waals surface area contributed by atoms with E-state index in [1.807, 2.05) is 0 Å². The SMILES string of the molecule is O=C1c2ccccc2C(=O)C1C1=NC(c2ccccn2)C2C(=O)N(c3ccc(Cl)cc3)C(=O)C12. The van der Waals surface area contributed by atoms with Crippen LogP contribution < -0.4 is 4.90 Å². The second kappa shape index (κ2) is 7.53. The van der Waals surface area contributed by atoms with Gasteiger partial charge in [0.2, 0.25) is 11.8 Å². The van der Waals surface area contributed by atoms with Crippen LogP contribution in [-0.2, 0) is 9.59 Å². The largest absolute Gasteiger partial charge is 0.293 e. The van der Waals surface area contributed by atoms with Gasteiger partial charge < -0.3 is 0 Å². The van der Waals surface area contributed by atoms with Crippen LogP contribution >= 0.6 is 11.6 Å². The minimum Gasteiger partial charge on any atom is -0.293 e. The molecule has 2 aliphatic heterocycles. The summed E-state index contributed by atoms with van der Waals surface area (Å²) in [5.41, 5.74) is 1.64. The number of imide groups is 1. The van der Waals surface area contributed by atoms with Gasteiger partial charge in [0, 0.05) is 28.1 Å². The maximum Gasteiger partial charge on any atom is 0.243 e. The number of halogens is 1. The Labute approximate surface area is 199 Å². The van der Waals surface area contributed by atoms with Crippen molar-refractivity contribution < 1.29 is 19.2 Å². The molecule has 1 saturated heterocycles. The van der Waals surface area contributed by atoms with Crippen LogP contribution in [0.25, 0.3) is 0 Å². The molecule has 0 N–H and O–H groups in total. The molecule has 3 unspecified atom stereocenters. The predicted octanol–water partition coefficient (Wildman–Crippen LogP) is 3.73. The van der Waals surface area contributed by atoms with Gasteiger partial charge in [-0.2, -0.15) is 0 Å². The first-order chi connectivity index (χ1) is 16.5. The molecular formula is C26H16ClN3O4. The lowest BCUT2D eigenvalue weighted by Crippen LogP contribution is -2.37. The normalized spacial score (nSPS) is 24.0. The molecule has 0 saturated carbocycles. The van der Waals surface area contributed by atoms with E-state index < -0.39 is 47.2 Å². The number of carbonyl (C=O) groups is 4. The zero-order chi connectivity index (χ0) is 23.6.